The van der Waals surface area contributed by atoms with E-state index in [1.165, 1.54) is 13.0 Å². The molecule has 0 fully saturated rings. The van der Waals surface area contributed by atoms with E-state index in [1.807, 2.05) is 0 Å². The Morgan fingerprint density at radius 1 is 1.00 bits per heavy atom. The number of nitrogens with one attached hydrogen (secondary N) is 1. The van der Waals surface area contributed by atoms with E-state index >= 15 is 0 Å². The van der Waals surface area contributed by atoms with E-state index in [2.05, 4.69) is 5.32 Å². The summed E-state index contributed by atoms with van der Waals surface area (Å²) in [6.45, 7) is 1.49. The highest BCUT2D eigenvalue weighted by atomic mass is 19.1. The summed E-state index contributed by atoms with van der Waals surface area (Å²) in [6, 6.07) is 16.6. The molecule has 2 aromatic carbocycles. The highest BCUT2D eigenvalue weighted by Gasteiger charge is 2.11. The molecule has 0 aliphatic rings. The summed E-state index contributed by atoms with van der Waals surface area (Å²) < 4.78 is 19.4. The van der Waals surface area contributed by atoms with Crippen molar-refractivity contribution in [1.29, 1.82) is 0 Å². The summed E-state index contributed by atoms with van der Waals surface area (Å²) in [5, 5.41) is 2.77. The van der Waals surface area contributed by atoms with Gasteiger partial charge in [-0.3, -0.25) is 9.59 Å². The smallest absolute Gasteiger partial charge is 0.224 e. The van der Waals surface area contributed by atoms with Gasteiger partial charge in [-0.2, -0.15) is 0 Å². The number of benzene rings is 2. The van der Waals surface area contributed by atoms with Gasteiger partial charge in [-0.05, 0) is 55.5 Å². The molecule has 1 N–H and O–H groups in total. The minimum Gasteiger partial charge on any atom is -0.461 e. The molecule has 0 spiro atoms. The van der Waals surface area contributed by atoms with Crippen LogP contribution in [0.3, 0.4) is 0 Å². The molecule has 132 valence electrons. The summed E-state index contributed by atoms with van der Waals surface area (Å²) in [6.07, 6.45) is 0.643. The number of anilines is 1. The van der Waals surface area contributed by atoms with E-state index in [0.29, 0.717) is 34.8 Å². The first kappa shape index (κ1) is 17.6. The van der Waals surface area contributed by atoms with Crippen molar-refractivity contribution in [2.45, 2.75) is 19.8 Å². The Balaban J connectivity index is 1.56. The van der Waals surface area contributed by atoms with Gasteiger partial charge in [0.25, 0.3) is 0 Å². The van der Waals surface area contributed by atoms with Crippen LogP contribution in [-0.4, -0.2) is 11.7 Å². The van der Waals surface area contributed by atoms with Gasteiger partial charge in [-0.25, -0.2) is 4.39 Å². The fourth-order valence-corrected chi connectivity index (χ4v) is 2.57. The van der Waals surface area contributed by atoms with Gasteiger partial charge in [0.15, 0.2) is 5.78 Å². The van der Waals surface area contributed by atoms with E-state index in [4.69, 9.17) is 4.42 Å². The van der Waals surface area contributed by atoms with Crippen molar-refractivity contribution in [3.63, 3.8) is 0 Å². The zero-order chi connectivity index (χ0) is 18.5. The molecule has 0 radical (unpaired) electrons. The van der Waals surface area contributed by atoms with Crippen molar-refractivity contribution >= 4 is 17.4 Å². The standard InChI is InChI=1S/C21H18FNO3/c1-14(24)15-6-8-16(9-7-15)23-21(25)13-11-17-10-12-20(26-17)18-4-2-3-5-19(18)22/h2-10,12H,11,13H2,1H3,(H,23,25). The van der Waals surface area contributed by atoms with Gasteiger partial charge < -0.3 is 9.73 Å². The lowest BCUT2D eigenvalue weighted by Gasteiger charge is -2.05. The number of amides is 1. The number of Topliss-reactive ketones (excluding diaryl/α,β-unsaturated/α-hetero) is 1. The molecular formula is C21H18FNO3. The molecule has 1 aromatic heterocycles. The first-order chi connectivity index (χ1) is 12.5. The second-order valence-electron chi connectivity index (χ2n) is 5.93. The van der Waals surface area contributed by atoms with Gasteiger partial charge in [0.05, 0.1) is 5.56 Å². The molecule has 3 rings (SSSR count). The van der Waals surface area contributed by atoms with Crippen LogP contribution in [0.2, 0.25) is 0 Å². The lowest BCUT2D eigenvalue weighted by molar-refractivity contribution is -0.116. The molecule has 0 bridgehead atoms. The average Bonchev–Trinajstić information content (AvgIpc) is 3.09. The van der Waals surface area contributed by atoms with Gasteiger partial charge in [0.1, 0.15) is 17.3 Å². The van der Waals surface area contributed by atoms with Crippen LogP contribution in [0.15, 0.2) is 65.1 Å². The Labute approximate surface area is 150 Å². The van der Waals surface area contributed by atoms with Gasteiger partial charge in [0.2, 0.25) is 5.91 Å². The molecule has 26 heavy (non-hydrogen) atoms. The van der Waals surface area contributed by atoms with E-state index in [0.717, 1.165) is 0 Å². The summed E-state index contributed by atoms with van der Waals surface area (Å²) in [4.78, 5) is 23.3. The number of hydrogen-bond donors (Lipinski definition) is 1. The fourth-order valence-electron chi connectivity index (χ4n) is 2.57. The van der Waals surface area contributed by atoms with Crippen LogP contribution in [0.4, 0.5) is 10.1 Å². The van der Waals surface area contributed by atoms with Crippen molar-refractivity contribution in [3.05, 3.63) is 77.8 Å². The van der Waals surface area contributed by atoms with Gasteiger partial charge in [-0.15, -0.1) is 0 Å². The number of furan rings is 1. The predicted octanol–water partition coefficient (Wildman–Crippen LogP) is 4.86. The second kappa shape index (κ2) is 7.78. The van der Waals surface area contributed by atoms with Gasteiger partial charge >= 0.3 is 0 Å². The molecule has 1 amide bonds. The van der Waals surface area contributed by atoms with Gasteiger partial charge in [0, 0.05) is 24.1 Å². The molecule has 1 heterocycles. The maximum Gasteiger partial charge on any atom is 0.224 e. The van der Waals surface area contributed by atoms with Crippen LogP contribution in [-0.2, 0) is 11.2 Å². The molecule has 3 aromatic rings. The molecular weight excluding hydrogens is 333 g/mol. The van der Waals surface area contributed by atoms with Crippen molar-refractivity contribution in [2.24, 2.45) is 0 Å². The molecule has 4 nitrogen and oxygen atoms in total. The first-order valence-corrected chi connectivity index (χ1v) is 8.27. The molecule has 0 atom stereocenters. The molecule has 0 aliphatic heterocycles. The lowest BCUT2D eigenvalue weighted by Crippen LogP contribution is -2.12. The topological polar surface area (TPSA) is 59.3 Å². The molecule has 0 unspecified atom stereocenters. The van der Waals surface area contributed by atoms with E-state index in [9.17, 15) is 14.0 Å². The second-order valence-corrected chi connectivity index (χ2v) is 5.93. The summed E-state index contributed by atoms with van der Waals surface area (Å²) in [5.74, 6) is 0.527. The van der Waals surface area contributed by atoms with E-state index in [1.54, 1.807) is 54.6 Å². The zero-order valence-electron chi connectivity index (χ0n) is 14.3. The highest BCUT2D eigenvalue weighted by Crippen LogP contribution is 2.25. The summed E-state index contributed by atoms with van der Waals surface area (Å²) >= 11 is 0. The van der Waals surface area contributed by atoms with Gasteiger partial charge in [-0.1, -0.05) is 12.1 Å². The third kappa shape index (κ3) is 4.25. The molecule has 5 heteroatoms. The number of carbonyl (C=O) groups excluding carboxylic acids is 2. The van der Waals surface area contributed by atoms with E-state index in [-0.39, 0.29) is 23.9 Å². The van der Waals surface area contributed by atoms with Crippen LogP contribution in [0.25, 0.3) is 11.3 Å². The van der Waals surface area contributed by atoms with Crippen molar-refractivity contribution < 1.29 is 18.4 Å². The quantitative estimate of drug-likeness (QED) is 0.645. The van der Waals surface area contributed by atoms with Crippen molar-refractivity contribution in [3.8, 4) is 11.3 Å². The zero-order valence-corrected chi connectivity index (χ0v) is 14.3. The Morgan fingerprint density at radius 3 is 2.42 bits per heavy atom. The Morgan fingerprint density at radius 2 is 1.73 bits per heavy atom. The highest BCUT2D eigenvalue weighted by molar-refractivity contribution is 5.95. The third-order valence-electron chi connectivity index (χ3n) is 3.97. The van der Waals surface area contributed by atoms with Crippen LogP contribution < -0.4 is 5.32 Å². The number of ketones is 1. The number of halogens is 1. The molecule has 0 aliphatic carbocycles. The number of aryl methyl sites for hydroxylation is 1. The minimum absolute atomic E-state index is 0.0219. The Bertz CT molecular complexity index is 928. The molecule has 0 saturated heterocycles. The maximum absolute atomic E-state index is 13.8. The molecule has 0 saturated carbocycles. The van der Waals surface area contributed by atoms with Crippen LogP contribution in [0.5, 0.6) is 0 Å². The van der Waals surface area contributed by atoms with Crippen molar-refractivity contribution in [1.82, 2.24) is 0 Å². The SMILES string of the molecule is CC(=O)c1ccc(NC(=O)CCc2ccc(-c3ccccc3F)o2)cc1. The van der Waals surface area contributed by atoms with Crippen LogP contribution >= 0.6 is 0 Å². The largest absolute Gasteiger partial charge is 0.461 e. The normalized spacial score (nSPS) is 10.5. The summed E-state index contributed by atoms with van der Waals surface area (Å²) in [5.41, 5.74) is 1.62. The minimum atomic E-state index is -0.347. The predicted molar refractivity (Wildman–Crippen MR) is 97.5 cm³/mol. The number of carbonyl (C=O) groups is 2. The fraction of sp³-hybridized carbons (Fsp3) is 0.143. The Hall–Kier alpha value is -3.21. The summed E-state index contributed by atoms with van der Waals surface area (Å²) in [7, 11) is 0. The van der Waals surface area contributed by atoms with Crippen LogP contribution in [0.1, 0.15) is 29.5 Å². The Kier molecular flexibility index (Phi) is 5.27. The maximum atomic E-state index is 13.8. The number of rotatable bonds is 6. The number of hydrogen-bond acceptors (Lipinski definition) is 3. The monoisotopic (exact) mass is 351 g/mol. The average molecular weight is 351 g/mol. The lowest BCUT2D eigenvalue weighted by atomic mass is 10.1. The van der Waals surface area contributed by atoms with Crippen molar-refractivity contribution in [2.75, 3.05) is 5.32 Å². The third-order valence-corrected chi connectivity index (χ3v) is 3.97. The van der Waals surface area contributed by atoms with E-state index < -0.39 is 0 Å². The first-order valence-electron chi connectivity index (χ1n) is 8.27. The van der Waals surface area contributed by atoms with Crippen LogP contribution in [0, 0.1) is 5.82 Å².